The first-order valence-electron chi connectivity index (χ1n) is 8.50. The van der Waals surface area contributed by atoms with Crippen LogP contribution in [-0.4, -0.2) is 26.9 Å². The van der Waals surface area contributed by atoms with Gasteiger partial charge in [-0.25, -0.2) is 0 Å². The van der Waals surface area contributed by atoms with Crippen LogP contribution < -0.4 is 5.32 Å². The van der Waals surface area contributed by atoms with E-state index in [0.717, 1.165) is 30.6 Å². The van der Waals surface area contributed by atoms with E-state index in [0.29, 0.717) is 11.6 Å². The fraction of sp³-hybridized carbons (Fsp3) is 0.316. The first kappa shape index (κ1) is 15.6. The Morgan fingerprint density at radius 1 is 1.28 bits per heavy atom. The smallest absolute Gasteiger partial charge is 0.290 e. The van der Waals surface area contributed by atoms with Crippen LogP contribution >= 0.6 is 0 Å². The number of benzene rings is 1. The minimum absolute atomic E-state index is 0.194. The predicted octanol–water partition coefficient (Wildman–Crippen LogP) is 3.06. The topological polar surface area (TPSA) is 73.0 Å². The van der Waals surface area contributed by atoms with Crippen LogP contribution in [0.15, 0.2) is 53.2 Å². The number of nitrogens with zero attached hydrogens (tertiary/aromatic N) is 3. The van der Waals surface area contributed by atoms with Gasteiger partial charge in [0.1, 0.15) is 5.69 Å². The van der Waals surface area contributed by atoms with E-state index in [2.05, 4.69) is 15.6 Å². The van der Waals surface area contributed by atoms with Crippen molar-refractivity contribution in [3.05, 3.63) is 60.1 Å². The summed E-state index contributed by atoms with van der Waals surface area (Å²) < 4.78 is 7.17. The van der Waals surface area contributed by atoms with Crippen molar-refractivity contribution in [1.29, 1.82) is 0 Å². The van der Waals surface area contributed by atoms with Gasteiger partial charge in [-0.1, -0.05) is 35.5 Å². The summed E-state index contributed by atoms with van der Waals surface area (Å²) in [6.07, 6.45) is 3.93. The minimum atomic E-state index is -0.201. The number of carbonyl (C=O) groups is 1. The van der Waals surface area contributed by atoms with E-state index in [1.807, 2.05) is 54.2 Å². The monoisotopic (exact) mass is 336 g/mol. The highest BCUT2D eigenvalue weighted by Crippen LogP contribution is 2.29. The normalized spacial score (nSPS) is 19.4. The summed E-state index contributed by atoms with van der Waals surface area (Å²) >= 11 is 0. The molecule has 25 heavy (non-hydrogen) atoms. The van der Waals surface area contributed by atoms with Gasteiger partial charge in [0.25, 0.3) is 5.91 Å². The van der Waals surface area contributed by atoms with Crippen LogP contribution in [0.4, 0.5) is 0 Å². The summed E-state index contributed by atoms with van der Waals surface area (Å²) in [5, 5.41) is 11.4. The Morgan fingerprint density at radius 2 is 2.08 bits per heavy atom. The summed E-state index contributed by atoms with van der Waals surface area (Å²) in [6.45, 7) is 2.89. The van der Waals surface area contributed by atoms with E-state index in [4.69, 9.17) is 4.52 Å². The number of hydrogen-bond acceptors (Lipinski definition) is 4. The summed E-state index contributed by atoms with van der Waals surface area (Å²) in [5.41, 5.74) is 2.64. The number of amides is 1. The van der Waals surface area contributed by atoms with Crippen LogP contribution in [-0.2, 0) is 6.54 Å². The molecule has 1 aliphatic rings. The van der Waals surface area contributed by atoms with Gasteiger partial charge >= 0.3 is 0 Å². The molecule has 0 unspecified atom stereocenters. The van der Waals surface area contributed by atoms with Crippen LogP contribution in [0.3, 0.4) is 0 Å². The molecular weight excluding hydrogens is 316 g/mol. The third kappa shape index (κ3) is 3.47. The fourth-order valence-corrected chi connectivity index (χ4v) is 3.22. The molecular formula is C19H20N4O2. The highest BCUT2D eigenvalue weighted by molar-refractivity contribution is 5.92. The van der Waals surface area contributed by atoms with Gasteiger partial charge in [-0.15, -0.1) is 0 Å². The number of nitrogens with one attached hydrogen (secondary N) is 1. The average Bonchev–Trinajstić information content (AvgIpc) is 3.23. The van der Waals surface area contributed by atoms with Crippen molar-refractivity contribution in [2.75, 3.05) is 0 Å². The molecule has 1 amide bonds. The molecule has 128 valence electrons. The van der Waals surface area contributed by atoms with Crippen molar-refractivity contribution in [1.82, 2.24) is 20.3 Å². The van der Waals surface area contributed by atoms with Crippen molar-refractivity contribution >= 4 is 5.91 Å². The first-order chi connectivity index (χ1) is 12.2. The maximum atomic E-state index is 12.3. The van der Waals surface area contributed by atoms with E-state index < -0.39 is 0 Å². The average molecular weight is 336 g/mol. The van der Waals surface area contributed by atoms with Gasteiger partial charge in [-0.3, -0.25) is 9.48 Å². The molecule has 1 N–H and O–H groups in total. The van der Waals surface area contributed by atoms with E-state index >= 15 is 0 Å². The maximum Gasteiger partial charge on any atom is 0.290 e. The van der Waals surface area contributed by atoms with Gasteiger partial charge in [0.2, 0.25) is 5.76 Å². The molecule has 2 aromatic heterocycles. The van der Waals surface area contributed by atoms with Gasteiger partial charge in [-0.2, -0.15) is 5.10 Å². The molecule has 0 radical (unpaired) electrons. The van der Waals surface area contributed by atoms with E-state index in [-0.39, 0.29) is 17.7 Å². The van der Waals surface area contributed by atoms with Crippen molar-refractivity contribution in [2.24, 2.45) is 5.92 Å². The Balaban J connectivity index is 1.29. The van der Waals surface area contributed by atoms with E-state index in [1.54, 1.807) is 6.07 Å². The lowest BCUT2D eigenvalue weighted by Gasteiger charge is -2.35. The molecule has 1 aliphatic carbocycles. The molecule has 0 bridgehead atoms. The number of aryl methyl sites for hydroxylation is 1. The molecule has 0 aliphatic heterocycles. The highest BCUT2D eigenvalue weighted by atomic mass is 16.5. The SMILES string of the molecule is Cc1ccn(CC2CC(NC(=O)c3cc(-c4ccccc4)no3)C2)n1. The first-order valence-corrected chi connectivity index (χ1v) is 8.50. The molecule has 3 aromatic rings. The lowest BCUT2D eigenvalue weighted by atomic mass is 9.80. The summed E-state index contributed by atoms with van der Waals surface area (Å²) in [6, 6.07) is 13.6. The van der Waals surface area contributed by atoms with Gasteiger partial charge in [0.15, 0.2) is 0 Å². The zero-order chi connectivity index (χ0) is 17.2. The zero-order valence-electron chi connectivity index (χ0n) is 14.1. The quantitative estimate of drug-likeness (QED) is 0.777. The lowest BCUT2D eigenvalue weighted by Crippen LogP contribution is -2.45. The molecule has 1 aromatic carbocycles. The number of hydrogen-bond donors (Lipinski definition) is 1. The Bertz CT molecular complexity index is 862. The largest absolute Gasteiger partial charge is 0.350 e. The molecule has 1 fully saturated rings. The third-order valence-corrected chi connectivity index (χ3v) is 4.59. The lowest BCUT2D eigenvalue weighted by molar-refractivity contribution is 0.0842. The standard InChI is InChI=1S/C19H20N4O2/c1-13-7-8-23(21-13)12-14-9-16(10-14)20-19(24)18-11-17(22-25-18)15-5-3-2-4-6-15/h2-8,11,14,16H,9-10,12H2,1H3,(H,20,24). The number of carbonyl (C=O) groups excluding carboxylic acids is 1. The van der Waals surface area contributed by atoms with Crippen molar-refractivity contribution < 1.29 is 9.32 Å². The molecule has 6 nitrogen and oxygen atoms in total. The van der Waals surface area contributed by atoms with E-state index in [9.17, 15) is 4.79 Å². The number of rotatable bonds is 5. The molecule has 0 spiro atoms. The van der Waals surface area contributed by atoms with Gasteiger partial charge in [0, 0.05) is 30.4 Å². The van der Waals surface area contributed by atoms with E-state index in [1.165, 1.54) is 0 Å². The molecule has 6 heteroatoms. The molecule has 0 atom stereocenters. The second-order valence-electron chi connectivity index (χ2n) is 6.63. The Hall–Kier alpha value is -2.89. The Morgan fingerprint density at radius 3 is 2.80 bits per heavy atom. The second kappa shape index (κ2) is 6.55. The van der Waals surface area contributed by atoms with Crippen LogP contribution in [0.1, 0.15) is 29.1 Å². The summed E-state index contributed by atoms with van der Waals surface area (Å²) in [7, 11) is 0. The van der Waals surface area contributed by atoms with Gasteiger partial charge in [0.05, 0.1) is 5.69 Å². The summed E-state index contributed by atoms with van der Waals surface area (Å²) in [4.78, 5) is 12.3. The minimum Gasteiger partial charge on any atom is -0.350 e. The molecule has 0 saturated heterocycles. The fourth-order valence-electron chi connectivity index (χ4n) is 3.22. The third-order valence-electron chi connectivity index (χ3n) is 4.59. The van der Waals surface area contributed by atoms with Crippen LogP contribution in [0.5, 0.6) is 0 Å². The molecule has 2 heterocycles. The number of aromatic nitrogens is 3. The van der Waals surface area contributed by atoms with Crippen LogP contribution in [0, 0.1) is 12.8 Å². The van der Waals surface area contributed by atoms with Crippen LogP contribution in [0.2, 0.25) is 0 Å². The maximum absolute atomic E-state index is 12.3. The second-order valence-corrected chi connectivity index (χ2v) is 6.63. The molecule has 4 rings (SSSR count). The van der Waals surface area contributed by atoms with Crippen molar-refractivity contribution in [3.63, 3.8) is 0 Å². The predicted molar refractivity (Wildman–Crippen MR) is 92.9 cm³/mol. The van der Waals surface area contributed by atoms with Crippen molar-refractivity contribution in [3.8, 4) is 11.3 Å². The molecule has 1 saturated carbocycles. The van der Waals surface area contributed by atoms with Gasteiger partial charge < -0.3 is 9.84 Å². The summed E-state index contributed by atoms with van der Waals surface area (Å²) in [5.74, 6) is 0.609. The Labute approximate surface area is 145 Å². The van der Waals surface area contributed by atoms with Gasteiger partial charge in [-0.05, 0) is 31.7 Å². The van der Waals surface area contributed by atoms with Crippen molar-refractivity contribution in [2.45, 2.75) is 32.4 Å². The highest BCUT2D eigenvalue weighted by Gasteiger charge is 2.31. The van der Waals surface area contributed by atoms with Crippen LogP contribution in [0.25, 0.3) is 11.3 Å². The zero-order valence-corrected chi connectivity index (χ0v) is 14.1. The Kier molecular flexibility index (Phi) is 4.09.